The summed E-state index contributed by atoms with van der Waals surface area (Å²) in [5.41, 5.74) is -0.464. The first kappa shape index (κ1) is 28.3. The molecule has 11 heteroatoms. The predicted octanol–water partition coefficient (Wildman–Crippen LogP) is 4.95. The number of hydrogen-bond acceptors (Lipinski definition) is 8. The van der Waals surface area contributed by atoms with E-state index >= 15 is 4.39 Å². The number of nitrogens with one attached hydrogen (secondary N) is 1. The van der Waals surface area contributed by atoms with Gasteiger partial charge in [-0.1, -0.05) is 12.0 Å². The Kier molecular flexibility index (Phi) is 6.76. The summed E-state index contributed by atoms with van der Waals surface area (Å²) in [6.07, 6.45) is 10.6. The molecule has 0 radical (unpaired) electrons. The number of piperidine rings is 1. The molecule has 0 saturated carbocycles. The second kappa shape index (κ2) is 10.7. The summed E-state index contributed by atoms with van der Waals surface area (Å²) in [6.45, 7) is 3.81. The van der Waals surface area contributed by atoms with Crippen LogP contribution in [0.5, 0.6) is 11.8 Å². The number of benzene rings is 2. The monoisotopic (exact) mass is 614 g/mol. The number of fused-ring (bicyclic) bond motifs is 4. The number of aromatic nitrogens is 3. The van der Waals surface area contributed by atoms with Crippen LogP contribution in [0.25, 0.3) is 32.9 Å². The van der Waals surface area contributed by atoms with E-state index in [4.69, 9.17) is 16.1 Å². The highest BCUT2D eigenvalue weighted by Gasteiger charge is 2.49. The molecule has 4 atom stereocenters. The molecule has 2 aromatic heterocycles. The molecule has 6 heterocycles. The molecule has 0 amide bonds. The molecule has 4 fully saturated rings. The molecule has 8 rings (SSSR count). The average molecular weight is 615 g/mol. The lowest BCUT2D eigenvalue weighted by molar-refractivity contribution is 0.107. The minimum Gasteiger partial charge on any atom is -0.508 e. The van der Waals surface area contributed by atoms with E-state index in [1.54, 1.807) is 0 Å². The molecule has 4 aliphatic rings. The number of phenolic OH excluding ortho intramolecular Hbond substituents is 1. The summed E-state index contributed by atoms with van der Waals surface area (Å²) in [5.74, 6) is 1.79. The zero-order chi connectivity index (χ0) is 30.9. The highest BCUT2D eigenvalue weighted by molar-refractivity contribution is 6.03. The van der Waals surface area contributed by atoms with E-state index < -0.39 is 23.3 Å². The van der Waals surface area contributed by atoms with Gasteiger partial charge in [0.15, 0.2) is 5.82 Å². The second-order valence-electron chi connectivity index (χ2n) is 12.9. The maximum Gasteiger partial charge on any atom is 0.319 e. The van der Waals surface area contributed by atoms with Crippen LogP contribution in [0.2, 0.25) is 0 Å². The van der Waals surface area contributed by atoms with Crippen molar-refractivity contribution in [1.29, 1.82) is 0 Å². The molecule has 2 N–H and O–H groups in total. The first-order valence-corrected chi connectivity index (χ1v) is 15.6. The van der Waals surface area contributed by atoms with Gasteiger partial charge in [0.2, 0.25) is 0 Å². The number of phenols is 1. The van der Waals surface area contributed by atoms with Crippen molar-refractivity contribution in [3.05, 3.63) is 47.7 Å². The van der Waals surface area contributed by atoms with Gasteiger partial charge in [-0.15, -0.1) is 6.42 Å². The second-order valence-corrected chi connectivity index (χ2v) is 12.9. The Balaban J connectivity index is 1.27. The fourth-order valence-electron chi connectivity index (χ4n) is 8.14. The van der Waals surface area contributed by atoms with E-state index in [2.05, 4.69) is 31.0 Å². The van der Waals surface area contributed by atoms with Crippen molar-refractivity contribution in [3.8, 4) is 35.4 Å². The van der Waals surface area contributed by atoms with Crippen LogP contribution < -0.4 is 15.0 Å². The number of anilines is 1. The number of terminal acetylenes is 1. The van der Waals surface area contributed by atoms with Crippen molar-refractivity contribution < 1.29 is 23.0 Å². The first-order valence-electron chi connectivity index (χ1n) is 15.6. The van der Waals surface area contributed by atoms with Crippen molar-refractivity contribution >= 4 is 27.5 Å². The Hall–Kier alpha value is -4.14. The Morgan fingerprint density at radius 2 is 2.04 bits per heavy atom. The third-order valence-electron chi connectivity index (χ3n) is 10.2. The van der Waals surface area contributed by atoms with Gasteiger partial charge in [-0.05, 0) is 68.3 Å². The van der Waals surface area contributed by atoms with E-state index in [9.17, 15) is 13.9 Å². The van der Waals surface area contributed by atoms with Crippen molar-refractivity contribution in [1.82, 2.24) is 25.2 Å². The van der Waals surface area contributed by atoms with E-state index in [-0.39, 0.29) is 46.1 Å². The lowest BCUT2D eigenvalue weighted by Gasteiger charge is -2.31. The van der Waals surface area contributed by atoms with Crippen molar-refractivity contribution in [2.45, 2.75) is 49.9 Å². The lowest BCUT2D eigenvalue weighted by Crippen LogP contribution is -2.43. The van der Waals surface area contributed by atoms with Crippen LogP contribution in [0.4, 0.5) is 19.0 Å². The number of rotatable bonds is 5. The number of halogens is 3. The molecule has 0 bridgehead atoms. The van der Waals surface area contributed by atoms with Gasteiger partial charge in [-0.25, -0.2) is 13.2 Å². The van der Waals surface area contributed by atoms with Crippen molar-refractivity contribution in [2.75, 3.05) is 44.2 Å². The molecule has 4 saturated heterocycles. The number of alkyl halides is 1. The topological polar surface area (TPSA) is 86.6 Å². The van der Waals surface area contributed by atoms with Crippen LogP contribution in [0.3, 0.4) is 0 Å². The summed E-state index contributed by atoms with van der Waals surface area (Å²) < 4.78 is 52.3. The molecule has 4 aromatic rings. The van der Waals surface area contributed by atoms with Crippen LogP contribution in [0.15, 0.2) is 30.5 Å². The smallest absolute Gasteiger partial charge is 0.319 e. The Morgan fingerprint density at radius 1 is 1.16 bits per heavy atom. The third-order valence-corrected chi connectivity index (χ3v) is 10.2. The third kappa shape index (κ3) is 4.65. The van der Waals surface area contributed by atoms with Crippen LogP contribution in [0, 0.1) is 29.9 Å². The van der Waals surface area contributed by atoms with Gasteiger partial charge in [-0.3, -0.25) is 9.88 Å². The average Bonchev–Trinajstić information content (AvgIpc) is 3.72. The molecule has 2 aromatic carbocycles. The maximum atomic E-state index is 16.8. The van der Waals surface area contributed by atoms with E-state index in [0.717, 1.165) is 45.3 Å². The Morgan fingerprint density at radius 3 is 2.89 bits per heavy atom. The number of pyridine rings is 1. The molecule has 4 aliphatic heterocycles. The number of aromatic hydroxyl groups is 1. The summed E-state index contributed by atoms with van der Waals surface area (Å²) in [6, 6.07) is 5.79. The molecule has 0 aliphatic carbocycles. The normalized spacial score (nSPS) is 26.4. The highest BCUT2D eigenvalue weighted by Crippen LogP contribution is 2.42. The Bertz CT molecular complexity index is 1870. The maximum absolute atomic E-state index is 16.8. The molecule has 45 heavy (non-hydrogen) atoms. The van der Waals surface area contributed by atoms with Crippen LogP contribution in [0.1, 0.15) is 37.7 Å². The van der Waals surface area contributed by atoms with Crippen LogP contribution >= 0.6 is 0 Å². The van der Waals surface area contributed by atoms with Gasteiger partial charge in [0.25, 0.3) is 0 Å². The van der Waals surface area contributed by atoms with Crippen molar-refractivity contribution in [2.24, 2.45) is 5.92 Å². The van der Waals surface area contributed by atoms with Crippen LogP contribution in [-0.4, -0.2) is 82.0 Å². The molecule has 2 unspecified atom stereocenters. The van der Waals surface area contributed by atoms with Gasteiger partial charge >= 0.3 is 6.01 Å². The van der Waals surface area contributed by atoms with Gasteiger partial charge < -0.3 is 20.1 Å². The molecule has 8 nitrogen and oxygen atoms in total. The predicted molar refractivity (Wildman–Crippen MR) is 165 cm³/mol. The van der Waals surface area contributed by atoms with Gasteiger partial charge in [0.1, 0.15) is 41.4 Å². The quantitative estimate of drug-likeness (QED) is 0.306. The molecular weight excluding hydrogens is 581 g/mol. The zero-order valence-corrected chi connectivity index (χ0v) is 24.7. The SMILES string of the molecule is C#Cc1c(F)ccc2cc(O)cc(-c3ncc4c(N5CC6CCCNC6C5)nc(OC[C@@]56CCCN5C[C@H](F)C6)nc4c3F)c12. The van der Waals surface area contributed by atoms with Crippen molar-refractivity contribution in [3.63, 3.8) is 0 Å². The highest BCUT2D eigenvalue weighted by atomic mass is 19.1. The van der Waals surface area contributed by atoms with Crippen LogP contribution in [-0.2, 0) is 0 Å². The standard InChI is InChI=1S/C34H33F3N6O2/c1-2-23-26(36)7-6-19-11-22(44)12-24(28(19)23)30-29(37)31-25(14-39-30)32(42-15-20-5-3-9-38-27(20)17-42)41-33(40-31)45-18-34-8-4-10-43(34)16-21(35)13-34/h1,6-7,11-12,14,20-21,27,38,44H,3-5,8-10,13,15-18H2/t20?,21-,27?,34+/m1/s1. The van der Waals surface area contributed by atoms with Gasteiger partial charge in [-0.2, -0.15) is 9.97 Å². The summed E-state index contributed by atoms with van der Waals surface area (Å²) in [5, 5.41) is 15.3. The summed E-state index contributed by atoms with van der Waals surface area (Å²) in [7, 11) is 0. The van der Waals surface area contributed by atoms with Gasteiger partial charge in [0, 0.05) is 49.2 Å². The summed E-state index contributed by atoms with van der Waals surface area (Å²) >= 11 is 0. The fourth-order valence-corrected chi connectivity index (χ4v) is 8.14. The molecule has 232 valence electrons. The fraction of sp³-hybridized carbons (Fsp3) is 0.441. The van der Waals surface area contributed by atoms with E-state index in [1.807, 2.05) is 0 Å². The first-order chi connectivity index (χ1) is 21.8. The Labute approximate surface area is 258 Å². The minimum atomic E-state index is -0.914. The molecular formula is C34H33F3N6O2. The van der Waals surface area contributed by atoms with E-state index in [0.29, 0.717) is 48.1 Å². The number of nitrogens with zero attached hydrogens (tertiary/aromatic N) is 5. The zero-order valence-electron chi connectivity index (χ0n) is 24.7. The largest absolute Gasteiger partial charge is 0.508 e. The minimum absolute atomic E-state index is 0.00597. The summed E-state index contributed by atoms with van der Waals surface area (Å²) in [4.78, 5) is 18.1. The molecule has 0 spiro atoms. The van der Waals surface area contributed by atoms with Gasteiger partial charge in [0.05, 0.1) is 16.5 Å². The lowest BCUT2D eigenvalue weighted by atomic mass is 9.94. The number of ether oxygens (including phenoxy) is 1. The van der Waals surface area contributed by atoms with E-state index in [1.165, 1.54) is 30.5 Å². The number of hydrogen-bond donors (Lipinski definition) is 2.